The third-order valence-electron chi connectivity index (χ3n) is 4.93. The molecule has 0 amide bonds. The zero-order valence-corrected chi connectivity index (χ0v) is 20.8. The highest BCUT2D eigenvalue weighted by Crippen LogP contribution is 2.25. The molecular weight excluding hydrogens is 452 g/mol. The molecule has 0 unspecified atom stereocenters. The Kier molecular flexibility index (Phi) is 9.46. The predicted molar refractivity (Wildman–Crippen MR) is 136 cm³/mol. The van der Waals surface area contributed by atoms with Gasteiger partial charge in [0.1, 0.15) is 17.3 Å². The average Bonchev–Trinajstić information content (AvgIpc) is 2.84. The Morgan fingerprint density at radius 3 is 1.50 bits per heavy atom. The Labute approximate surface area is 205 Å². The lowest BCUT2D eigenvalue weighted by molar-refractivity contribution is 0.0692. The molecule has 0 saturated heterocycles. The highest BCUT2D eigenvalue weighted by Gasteiger charge is 2.15. The van der Waals surface area contributed by atoms with Crippen LogP contribution in [-0.2, 0) is 10.2 Å². The molecule has 3 aromatic rings. The number of carbonyl (C=O) groups is 2. The van der Waals surface area contributed by atoms with Gasteiger partial charge in [-0.3, -0.25) is 4.79 Å². The van der Waals surface area contributed by atoms with Crippen molar-refractivity contribution in [1.29, 1.82) is 0 Å². The molecule has 0 saturated carbocycles. The Hall–Kier alpha value is -3.57. The zero-order chi connectivity index (χ0) is 25.3. The van der Waals surface area contributed by atoms with Crippen molar-refractivity contribution in [3.63, 3.8) is 0 Å². The number of carbonyl (C=O) groups excluding carboxylic acids is 2. The summed E-state index contributed by atoms with van der Waals surface area (Å²) in [5.41, 5.74) is 3.03. The number of esters is 1. The lowest BCUT2D eigenvalue weighted by atomic mass is 9.86. The van der Waals surface area contributed by atoms with E-state index in [2.05, 4.69) is 27.4 Å². The number of rotatable bonds is 6. The summed E-state index contributed by atoms with van der Waals surface area (Å²) in [4.78, 5) is 22.7. The molecule has 0 aliphatic carbocycles. The van der Waals surface area contributed by atoms with E-state index >= 15 is 0 Å². The molecule has 3 aromatic carbocycles. The summed E-state index contributed by atoms with van der Waals surface area (Å²) in [6, 6.07) is 21.3. The molecule has 6 heteroatoms. The fourth-order valence-electron chi connectivity index (χ4n) is 2.84. The maximum absolute atomic E-state index is 12.1. The van der Waals surface area contributed by atoms with Crippen LogP contribution in [-0.4, -0.2) is 25.4 Å². The fraction of sp³-hybridized carbons (Fsp3) is 0.214. The Balaban J connectivity index is 0.000000310. The molecule has 0 aliphatic heterocycles. The van der Waals surface area contributed by atoms with Crippen LogP contribution in [0.3, 0.4) is 0 Å². The number of hydrogen-bond donors (Lipinski definition) is 0. The topological polar surface area (TPSA) is 61.8 Å². The third-order valence-corrected chi connectivity index (χ3v) is 5.15. The van der Waals surface area contributed by atoms with E-state index in [9.17, 15) is 9.59 Å². The minimum Gasteiger partial charge on any atom is -0.497 e. The first-order valence-electron chi connectivity index (χ1n) is 10.5. The lowest BCUT2D eigenvalue weighted by Crippen LogP contribution is -2.11. The second-order valence-corrected chi connectivity index (χ2v) is 8.71. The van der Waals surface area contributed by atoms with E-state index in [4.69, 9.17) is 25.8 Å². The van der Waals surface area contributed by atoms with Crippen LogP contribution >= 0.6 is 11.6 Å². The molecule has 0 radical (unpaired) electrons. The zero-order valence-electron chi connectivity index (χ0n) is 20.1. The maximum atomic E-state index is 12.1. The smallest absolute Gasteiger partial charge is 0.343 e. The number of ether oxygens (including phenoxy) is 3. The van der Waals surface area contributed by atoms with Crippen molar-refractivity contribution in [2.45, 2.75) is 26.2 Å². The number of benzene rings is 3. The van der Waals surface area contributed by atoms with Crippen LogP contribution in [0.15, 0.2) is 79.4 Å². The first-order chi connectivity index (χ1) is 16.0. The Morgan fingerprint density at radius 1 is 0.706 bits per heavy atom. The molecule has 178 valence electrons. The minimum atomic E-state index is -0.451. The second kappa shape index (κ2) is 12.1. The molecule has 0 aliphatic rings. The number of halogens is 1. The largest absolute Gasteiger partial charge is 0.497 e. The van der Waals surface area contributed by atoms with Crippen LogP contribution in [0, 0.1) is 0 Å². The SMILES string of the molecule is C=C(OC(=O)c1ccc(OC)cc1)c1ccc(C(C)(C)C)cc1.COc1ccc(C(=O)Cl)cc1. The van der Waals surface area contributed by atoms with Gasteiger partial charge in [0.15, 0.2) is 0 Å². The molecular formula is C28H29ClO5. The van der Waals surface area contributed by atoms with Crippen LogP contribution in [0.4, 0.5) is 0 Å². The van der Waals surface area contributed by atoms with Crippen molar-refractivity contribution in [3.8, 4) is 11.5 Å². The number of hydrogen-bond acceptors (Lipinski definition) is 5. The highest BCUT2D eigenvalue weighted by atomic mass is 35.5. The molecule has 0 atom stereocenters. The van der Waals surface area contributed by atoms with E-state index in [-0.39, 0.29) is 5.41 Å². The first-order valence-corrected chi connectivity index (χ1v) is 10.9. The van der Waals surface area contributed by atoms with Gasteiger partial charge in [-0.1, -0.05) is 51.6 Å². The predicted octanol–water partition coefficient (Wildman–Crippen LogP) is 6.89. The average molecular weight is 481 g/mol. The Bertz CT molecular complexity index is 1110. The maximum Gasteiger partial charge on any atom is 0.343 e. The summed E-state index contributed by atoms with van der Waals surface area (Å²) >= 11 is 5.22. The van der Waals surface area contributed by atoms with Crippen LogP contribution in [0.25, 0.3) is 5.76 Å². The summed E-state index contributed by atoms with van der Waals surface area (Å²) in [5.74, 6) is 1.31. The van der Waals surface area contributed by atoms with Crippen molar-refractivity contribution in [2.75, 3.05) is 14.2 Å². The molecule has 0 heterocycles. The monoisotopic (exact) mass is 480 g/mol. The van der Waals surface area contributed by atoms with Gasteiger partial charge < -0.3 is 14.2 Å². The number of methoxy groups -OCH3 is 2. The van der Waals surface area contributed by atoms with Crippen LogP contribution in [0.2, 0.25) is 0 Å². The quantitative estimate of drug-likeness (QED) is 0.218. The first kappa shape index (κ1) is 26.7. The standard InChI is InChI=1S/C20H22O3.C8H7ClO2/c1-14(15-6-10-17(11-7-15)20(2,3)4)23-19(21)16-8-12-18(22-5)13-9-16;1-11-7-4-2-6(3-5-7)8(9)10/h6-13H,1H2,2-5H3;2-5H,1H3. The summed E-state index contributed by atoms with van der Waals surface area (Å²) in [6.45, 7) is 10.3. The molecule has 0 bridgehead atoms. The molecule has 0 spiro atoms. The van der Waals surface area contributed by atoms with Gasteiger partial charge in [-0.25, -0.2) is 4.79 Å². The van der Waals surface area contributed by atoms with Gasteiger partial charge in [-0.15, -0.1) is 0 Å². The lowest BCUT2D eigenvalue weighted by Gasteiger charge is -2.19. The van der Waals surface area contributed by atoms with Gasteiger partial charge in [0.25, 0.3) is 5.24 Å². The molecule has 34 heavy (non-hydrogen) atoms. The van der Waals surface area contributed by atoms with Crippen LogP contribution in [0.1, 0.15) is 52.6 Å². The van der Waals surface area contributed by atoms with E-state index < -0.39 is 11.2 Å². The van der Waals surface area contributed by atoms with Gasteiger partial charge in [0, 0.05) is 11.1 Å². The van der Waals surface area contributed by atoms with Crippen LogP contribution < -0.4 is 9.47 Å². The van der Waals surface area contributed by atoms with Crippen molar-refractivity contribution in [2.24, 2.45) is 0 Å². The molecule has 0 fully saturated rings. The van der Waals surface area contributed by atoms with Gasteiger partial charge in [-0.2, -0.15) is 0 Å². The summed E-state index contributed by atoms with van der Waals surface area (Å²) in [7, 11) is 3.15. The molecule has 0 aromatic heterocycles. The summed E-state index contributed by atoms with van der Waals surface area (Å²) in [6.07, 6.45) is 0. The van der Waals surface area contributed by atoms with E-state index in [0.29, 0.717) is 28.4 Å². The normalized spacial score (nSPS) is 10.4. The fourth-order valence-corrected chi connectivity index (χ4v) is 2.96. The van der Waals surface area contributed by atoms with E-state index in [0.717, 1.165) is 5.56 Å². The van der Waals surface area contributed by atoms with E-state index in [1.807, 2.05) is 24.3 Å². The van der Waals surface area contributed by atoms with Crippen molar-refractivity contribution in [1.82, 2.24) is 0 Å². The van der Waals surface area contributed by atoms with Gasteiger partial charge >= 0.3 is 5.97 Å². The van der Waals surface area contributed by atoms with Gasteiger partial charge in [0.2, 0.25) is 0 Å². The van der Waals surface area contributed by atoms with E-state index in [1.54, 1.807) is 62.8 Å². The van der Waals surface area contributed by atoms with Crippen molar-refractivity contribution >= 4 is 28.6 Å². The highest BCUT2D eigenvalue weighted by molar-refractivity contribution is 6.67. The summed E-state index contributed by atoms with van der Waals surface area (Å²) < 4.78 is 15.3. The summed E-state index contributed by atoms with van der Waals surface area (Å²) in [5, 5.41) is -0.451. The van der Waals surface area contributed by atoms with Gasteiger partial charge in [-0.05, 0) is 71.1 Å². The third kappa shape index (κ3) is 7.78. The van der Waals surface area contributed by atoms with Crippen molar-refractivity contribution in [3.05, 3.63) is 102 Å². The molecule has 0 N–H and O–H groups in total. The Morgan fingerprint density at radius 2 is 1.12 bits per heavy atom. The molecule has 5 nitrogen and oxygen atoms in total. The second-order valence-electron chi connectivity index (χ2n) is 8.37. The van der Waals surface area contributed by atoms with Crippen LogP contribution in [0.5, 0.6) is 11.5 Å². The van der Waals surface area contributed by atoms with Gasteiger partial charge in [0.05, 0.1) is 19.8 Å². The van der Waals surface area contributed by atoms with Crippen molar-refractivity contribution < 1.29 is 23.8 Å². The molecule has 3 rings (SSSR count). The minimum absolute atomic E-state index is 0.0830. The van der Waals surface area contributed by atoms with E-state index in [1.165, 1.54) is 5.56 Å².